The number of rotatable bonds is 4. The van der Waals surface area contributed by atoms with Gasteiger partial charge >= 0.3 is 5.97 Å². The number of hydrogen-bond donors (Lipinski definition) is 2. The van der Waals surface area contributed by atoms with E-state index >= 15 is 0 Å². The first kappa shape index (κ1) is 15.3. The van der Waals surface area contributed by atoms with E-state index < -0.39 is 27.8 Å². The minimum absolute atomic E-state index is 0.242. The molecule has 3 N–H and O–H groups in total. The fraction of sp³-hybridized carbons (Fsp3) is 0.889. The van der Waals surface area contributed by atoms with Gasteiger partial charge in [-0.25, -0.2) is 5.14 Å². The van der Waals surface area contributed by atoms with Crippen molar-refractivity contribution in [2.75, 3.05) is 0 Å². The molecule has 0 spiro atoms. The Kier molecular flexibility index (Phi) is 4.90. The third-order valence-corrected chi connectivity index (χ3v) is 2.20. The van der Waals surface area contributed by atoms with Crippen molar-refractivity contribution in [3.05, 3.63) is 0 Å². The average Bonchev–Trinajstić information content (AvgIpc) is 1.94. The molecule has 0 aliphatic carbocycles. The predicted molar refractivity (Wildman–Crippen MR) is 60.7 cm³/mol. The van der Waals surface area contributed by atoms with Crippen molar-refractivity contribution in [2.24, 2.45) is 11.1 Å². The van der Waals surface area contributed by atoms with Crippen molar-refractivity contribution in [3.63, 3.8) is 0 Å². The van der Waals surface area contributed by atoms with E-state index in [2.05, 4.69) is 4.72 Å². The second kappa shape index (κ2) is 5.11. The van der Waals surface area contributed by atoms with E-state index in [1.54, 1.807) is 34.6 Å². The highest BCUT2D eigenvalue weighted by atomic mass is 32.2. The van der Waals surface area contributed by atoms with E-state index in [4.69, 9.17) is 9.88 Å². The third-order valence-electron chi connectivity index (χ3n) is 1.62. The molecule has 0 aliphatic rings. The standard InChI is InChI=1S/C9H20N2O4S/c1-6(2)7(11-16(10,13)14)8(12)15-9(3,4)5/h6-7,11H,1-5H3,(H2,10,13,14)/t7-/m1/s1. The van der Waals surface area contributed by atoms with Crippen LogP contribution in [0.25, 0.3) is 0 Å². The maximum Gasteiger partial charge on any atom is 0.325 e. The fourth-order valence-corrected chi connectivity index (χ4v) is 1.72. The van der Waals surface area contributed by atoms with E-state index in [9.17, 15) is 13.2 Å². The number of carbonyl (C=O) groups excluding carboxylic acids is 1. The highest BCUT2D eigenvalue weighted by Crippen LogP contribution is 2.12. The van der Waals surface area contributed by atoms with Gasteiger partial charge in [0.25, 0.3) is 10.2 Å². The van der Waals surface area contributed by atoms with Gasteiger partial charge in [0.15, 0.2) is 0 Å². The summed E-state index contributed by atoms with van der Waals surface area (Å²) < 4.78 is 28.9. The zero-order valence-corrected chi connectivity index (χ0v) is 11.1. The quantitative estimate of drug-likeness (QED) is 0.695. The van der Waals surface area contributed by atoms with Gasteiger partial charge in [-0.3, -0.25) is 4.79 Å². The zero-order valence-electron chi connectivity index (χ0n) is 10.3. The van der Waals surface area contributed by atoms with Crippen LogP contribution in [0.3, 0.4) is 0 Å². The number of carbonyl (C=O) groups is 1. The molecule has 0 amide bonds. The smallest absolute Gasteiger partial charge is 0.325 e. The van der Waals surface area contributed by atoms with E-state index in [-0.39, 0.29) is 5.92 Å². The summed E-state index contributed by atoms with van der Waals surface area (Å²) in [6.45, 7) is 8.53. The summed E-state index contributed by atoms with van der Waals surface area (Å²) >= 11 is 0. The van der Waals surface area contributed by atoms with Crippen LogP contribution in [0.4, 0.5) is 0 Å². The molecule has 0 rings (SSSR count). The minimum Gasteiger partial charge on any atom is -0.459 e. The summed E-state index contributed by atoms with van der Waals surface area (Å²) in [6.07, 6.45) is 0. The second-order valence-electron chi connectivity index (χ2n) is 4.92. The van der Waals surface area contributed by atoms with E-state index in [1.165, 1.54) is 0 Å². The fourth-order valence-electron chi connectivity index (χ4n) is 0.999. The van der Waals surface area contributed by atoms with Gasteiger partial charge in [0.05, 0.1) is 0 Å². The maximum atomic E-state index is 11.7. The summed E-state index contributed by atoms with van der Waals surface area (Å²) in [6, 6.07) is -0.964. The average molecular weight is 252 g/mol. The first-order valence-corrected chi connectivity index (χ1v) is 6.50. The predicted octanol–water partition coefficient (Wildman–Crippen LogP) is 0.146. The van der Waals surface area contributed by atoms with Gasteiger partial charge in [-0.05, 0) is 26.7 Å². The molecule has 0 radical (unpaired) electrons. The first-order chi connectivity index (χ1) is 6.92. The van der Waals surface area contributed by atoms with Crippen molar-refractivity contribution in [1.82, 2.24) is 4.72 Å². The highest BCUT2D eigenvalue weighted by molar-refractivity contribution is 7.87. The molecule has 0 unspecified atom stereocenters. The SMILES string of the molecule is CC(C)[C@@H](NS(N)(=O)=O)C(=O)OC(C)(C)C. The van der Waals surface area contributed by atoms with Crippen LogP contribution in [0, 0.1) is 5.92 Å². The molecular weight excluding hydrogens is 232 g/mol. The molecule has 0 bridgehead atoms. The molecule has 0 saturated carbocycles. The van der Waals surface area contributed by atoms with Crippen LogP contribution in [0.2, 0.25) is 0 Å². The number of ether oxygens (including phenoxy) is 1. The lowest BCUT2D eigenvalue weighted by Gasteiger charge is -2.25. The summed E-state index contributed by atoms with van der Waals surface area (Å²) in [5.41, 5.74) is -0.662. The Morgan fingerprint density at radius 2 is 1.75 bits per heavy atom. The monoisotopic (exact) mass is 252 g/mol. The van der Waals surface area contributed by atoms with Crippen molar-refractivity contribution in [2.45, 2.75) is 46.3 Å². The van der Waals surface area contributed by atoms with Crippen LogP contribution in [0.15, 0.2) is 0 Å². The van der Waals surface area contributed by atoms with Crippen LogP contribution in [-0.4, -0.2) is 26.0 Å². The Morgan fingerprint density at radius 3 is 2.00 bits per heavy atom. The molecule has 16 heavy (non-hydrogen) atoms. The van der Waals surface area contributed by atoms with Crippen LogP contribution >= 0.6 is 0 Å². The molecule has 6 nitrogen and oxygen atoms in total. The van der Waals surface area contributed by atoms with E-state index in [1.807, 2.05) is 0 Å². The van der Waals surface area contributed by atoms with Gasteiger partial charge in [0, 0.05) is 0 Å². The van der Waals surface area contributed by atoms with Crippen molar-refractivity contribution in [3.8, 4) is 0 Å². The first-order valence-electron chi connectivity index (χ1n) is 4.95. The molecular formula is C9H20N2O4S. The Bertz CT molecular complexity index is 343. The summed E-state index contributed by atoms with van der Waals surface area (Å²) in [7, 11) is -3.92. The van der Waals surface area contributed by atoms with Crippen LogP contribution < -0.4 is 9.86 Å². The molecule has 0 fully saturated rings. The van der Waals surface area contributed by atoms with Crippen LogP contribution in [-0.2, 0) is 19.7 Å². The van der Waals surface area contributed by atoms with Crippen molar-refractivity contribution in [1.29, 1.82) is 0 Å². The Labute approximate surface area is 96.7 Å². The number of esters is 1. The van der Waals surface area contributed by atoms with Crippen LogP contribution in [0.5, 0.6) is 0 Å². The summed E-state index contributed by atoms with van der Waals surface area (Å²) in [5, 5.41) is 4.83. The summed E-state index contributed by atoms with van der Waals surface area (Å²) in [5.74, 6) is -0.871. The molecule has 96 valence electrons. The van der Waals surface area contributed by atoms with Gasteiger partial charge in [-0.1, -0.05) is 13.8 Å². The van der Waals surface area contributed by atoms with E-state index in [0.717, 1.165) is 0 Å². The topological polar surface area (TPSA) is 98.5 Å². The number of nitrogens with two attached hydrogens (primary N) is 1. The molecule has 0 aliphatic heterocycles. The lowest BCUT2D eigenvalue weighted by atomic mass is 10.1. The Balaban J connectivity index is 4.75. The third kappa shape index (κ3) is 6.76. The molecule has 0 heterocycles. The maximum absolute atomic E-state index is 11.7. The highest BCUT2D eigenvalue weighted by Gasteiger charge is 2.30. The number of nitrogens with one attached hydrogen (secondary N) is 1. The van der Waals surface area contributed by atoms with Gasteiger partial charge in [-0.15, -0.1) is 0 Å². The largest absolute Gasteiger partial charge is 0.459 e. The Hall–Kier alpha value is -0.660. The lowest BCUT2D eigenvalue weighted by molar-refractivity contribution is -0.158. The normalized spacial score (nSPS) is 14.9. The Morgan fingerprint density at radius 1 is 1.31 bits per heavy atom. The van der Waals surface area contributed by atoms with Gasteiger partial charge in [0.1, 0.15) is 11.6 Å². The molecule has 1 atom stereocenters. The zero-order chi connectivity index (χ0) is 13.1. The molecule has 7 heteroatoms. The van der Waals surface area contributed by atoms with Crippen LogP contribution in [0.1, 0.15) is 34.6 Å². The summed E-state index contributed by atoms with van der Waals surface area (Å²) in [4.78, 5) is 11.7. The van der Waals surface area contributed by atoms with Gasteiger partial charge in [0.2, 0.25) is 0 Å². The van der Waals surface area contributed by atoms with Crippen molar-refractivity contribution >= 4 is 16.2 Å². The lowest BCUT2D eigenvalue weighted by Crippen LogP contribution is -2.49. The van der Waals surface area contributed by atoms with Crippen molar-refractivity contribution < 1.29 is 17.9 Å². The molecule has 0 saturated heterocycles. The van der Waals surface area contributed by atoms with Gasteiger partial charge in [-0.2, -0.15) is 13.1 Å². The minimum atomic E-state index is -3.92. The molecule has 0 aromatic heterocycles. The molecule has 0 aromatic rings. The molecule has 0 aromatic carbocycles. The second-order valence-corrected chi connectivity index (χ2v) is 6.24. The van der Waals surface area contributed by atoms with Gasteiger partial charge < -0.3 is 4.74 Å². The van der Waals surface area contributed by atoms with E-state index in [0.29, 0.717) is 0 Å². The number of hydrogen-bond acceptors (Lipinski definition) is 4.